The molecule has 1 heterocycles. The largest absolute Gasteiger partial charge is 0.483 e. The number of carbonyl (C=O) groups is 1. The van der Waals surface area contributed by atoms with Gasteiger partial charge in [0, 0.05) is 17.6 Å². The lowest BCUT2D eigenvalue weighted by atomic mass is 10.1. The third-order valence-electron chi connectivity index (χ3n) is 3.92. The van der Waals surface area contributed by atoms with Crippen molar-refractivity contribution >= 4 is 52.2 Å². The first-order chi connectivity index (χ1) is 14.0. The van der Waals surface area contributed by atoms with Gasteiger partial charge in [-0.1, -0.05) is 37.3 Å². The Morgan fingerprint density at radius 1 is 1.28 bits per heavy atom. The Morgan fingerprint density at radius 2 is 1.90 bits per heavy atom. The van der Waals surface area contributed by atoms with Crippen LogP contribution in [0.15, 0.2) is 28.6 Å². The molecule has 1 saturated carbocycles. The van der Waals surface area contributed by atoms with E-state index in [4.69, 9.17) is 21.5 Å². The zero-order valence-electron chi connectivity index (χ0n) is 16.6. The number of thiazole rings is 1. The molecule has 1 aliphatic carbocycles. The standard InChI is InChI=1S/C16H19ClFN3S2.C2H7N.CH2O2/c17-12-9-15(23-21-16-19-7-8-22-16)13(18)10-14(12)20-11-5-3-1-2-4-6-11;1-3-2;2-1-3/h7-11,20H,1-6H2,(H,19,21);3H,1-2H3;1H,(H,2,3). The van der Waals surface area contributed by atoms with Crippen molar-refractivity contribution in [1.29, 1.82) is 0 Å². The number of halogens is 2. The molecule has 0 unspecified atom stereocenters. The minimum Gasteiger partial charge on any atom is -0.483 e. The number of nitrogens with one attached hydrogen (secondary N) is 3. The van der Waals surface area contributed by atoms with Gasteiger partial charge < -0.3 is 20.5 Å². The van der Waals surface area contributed by atoms with E-state index in [0.29, 0.717) is 21.6 Å². The third-order valence-corrected chi connectivity index (χ3v) is 5.88. The molecule has 1 fully saturated rings. The maximum Gasteiger partial charge on any atom is 0.290 e. The zero-order valence-corrected chi connectivity index (χ0v) is 19.0. The first-order valence-electron chi connectivity index (χ1n) is 9.29. The molecule has 2 aromatic rings. The van der Waals surface area contributed by atoms with Gasteiger partial charge in [0.15, 0.2) is 5.13 Å². The van der Waals surface area contributed by atoms with Gasteiger partial charge in [0.2, 0.25) is 0 Å². The van der Waals surface area contributed by atoms with Crippen molar-refractivity contribution in [2.75, 3.05) is 24.1 Å². The van der Waals surface area contributed by atoms with Crippen LogP contribution in [0, 0.1) is 5.82 Å². The molecular formula is C19H28ClFN4O2S2. The molecule has 0 aliphatic heterocycles. The normalized spacial score (nSPS) is 13.8. The maximum atomic E-state index is 14.3. The molecule has 1 aromatic carbocycles. The molecule has 0 saturated heterocycles. The summed E-state index contributed by atoms with van der Waals surface area (Å²) in [5, 5.41) is 16.2. The molecule has 0 spiro atoms. The Bertz CT molecular complexity index is 700. The molecule has 0 bridgehead atoms. The number of hydrogen-bond donors (Lipinski definition) is 4. The lowest BCUT2D eigenvalue weighted by Crippen LogP contribution is -2.18. The first-order valence-corrected chi connectivity index (χ1v) is 11.4. The molecule has 0 radical (unpaired) electrons. The monoisotopic (exact) mass is 462 g/mol. The van der Waals surface area contributed by atoms with Crippen molar-refractivity contribution in [2.45, 2.75) is 49.5 Å². The SMILES string of the molecule is CNC.Fc1cc(NC2CCCCCC2)c(Cl)cc1SNc1nccs1.O=CO. The van der Waals surface area contributed by atoms with Crippen LogP contribution >= 0.6 is 34.9 Å². The van der Waals surface area contributed by atoms with Gasteiger partial charge in [0.25, 0.3) is 6.47 Å². The second kappa shape index (κ2) is 15.3. The lowest BCUT2D eigenvalue weighted by Gasteiger charge is -2.19. The van der Waals surface area contributed by atoms with E-state index in [-0.39, 0.29) is 12.3 Å². The second-order valence-electron chi connectivity index (χ2n) is 6.24. The molecule has 0 atom stereocenters. The molecule has 162 valence electrons. The van der Waals surface area contributed by atoms with E-state index < -0.39 is 0 Å². The topological polar surface area (TPSA) is 86.3 Å². The lowest BCUT2D eigenvalue weighted by molar-refractivity contribution is -0.122. The molecule has 4 N–H and O–H groups in total. The summed E-state index contributed by atoms with van der Waals surface area (Å²) < 4.78 is 17.3. The summed E-state index contributed by atoms with van der Waals surface area (Å²) in [6.07, 6.45) is 8.99. The smallest absolute Gasteiger partial charge is 0.290 e. The minimum atomic E-state index is -0.278. The highest BCUT2D eigenvalue weighted by molar-refractivity contribution is 8.00. The molecule has 1 aliphatic rings. The maximum absolute atomic E-state index is 14.3. The quantitative estimate of drug-likeness (QED) is 0.256. The van der Waals surface area contributed by atoms with Gasteiger partial charge in [-0.3, -0.25) is 4.79 Å². The molecule has 29 heavy (non-hydrogen) atoms. The van der Waals surface area contributed by atoms with Gasteiger partial charge >= 0.3 is 0 Å². The Labute approximate surface area is 184 Å². The van der Waals surface area contributed by atoms with Gasteiger partial charge in [0.05, 0.1) is 15.6 Å². The Hall–Kier alpha value is -1.55. The van der Waals surface area contributed by atoms with Crippen molar-refractivity contribution in [3.8, 4) is 0 Å². The van der Waals surface area contributed by atoms with E-state index in [1.165, 1.54) is 55.0 Å². The molecular weight excluding hydrogens is 435 g/mol. The highest BCUT2D eigenvalue weighted by Gasteiger charge is 2.15. The number of benzene rings is 1. The van der Waals surface area contributed by atoms with Gasteiger partial charge in [-0.2, -0.15) is 0 Å². The van der Waals surface area contributed by atoms with E-state index in [1.54, 1.807) is 12.3 Å². The second-order valence-corrected chi connectivity index (χ2v) is 8.39. The Kier molecular flexibility index (Phi) is 13.5. The predicted octanol–water partition coefficient (Wildman–Crippen LogP) is 5.73. The Balaban J connectivity index is 0.000000626. The van der Waals surface area contributed by atoms with Crippen molar-refractivity contribution in [1.82, 2.24) is 10.3 Å². The molecule has 1 aromatic heterocycles. The number of rotatable bonds is 5. The molecule has 0 amide bonds. The van der Waals surface area contributed by atoms with Crippen LogP contribution in [0.25, 0.3) is 0 Å². The molecule has 6 nitrogen and oxygen atoms in total. The number of hydrogen-bond acceptors (Lipinski definition) is 7. The zero-order chi connectivity index (χ0) is 21.5. The average molecular weight is 463 g/mol. The fourth-order valence-electron chi connectivity index (χ4n) is 2.73. The van der Waals surface area contributed by atoms with E-state index in [9.17, 15) is 4.39 Å². The van der Waals surface area contributed by atoms with Crippen LogP contribution in [-0.4, -0.2) is 36.7 Å². The summed E-state index contributed by atoms with van der Waals surface area (Å²) >= 11 is 9.00. The molecule has 10 heteroatoms. The van der Waals surface area contributed by atoms with E-state index in [0.717, 1.165) is 18.0 Å². The Morgan fingerprint density at radius 3 is 2.45 bits per heavy atom. The summed E-state index contributed by atoms with van der Waals surface area (Å²) in [5.41, 5.74) is 0.690. The fraction of sp³-hybridized carbons (Fsp3) is 0.474. The van der Waals surface area contributed by atoms with Crippen molar-refractivity contribution < 1.29 is 14.3 Å². The van der Waals surface area contributed by atoms with Gasteiger partial charge in [-0.15, -0.1) is 11.3 Å². The summed E-state index contributed by atoms with van der Waals surface area (Å²) in [6.45, 7) is -0.250. The summed E-state index contributed by atoms with van der Waals surface area (Å²) in [5.74, 6) is -0.278. The number of nitrogens with zero attached hydrogens (tertiary/aromatic N) is 1. The van der Waals surface area contributed by atoms with Crippen LogP contribution in [-0.2, 0) is 4.79 Å². The van der Waals surface area contributed by atoms with Crippen molar-refractivity contribution in [3.63, 3.8) is 0 Å². The highest BCUT2D eigenvalue weighted by Crippen LogP contribution is 2.33. The van der Waals surface area contributed by atoms with Crippen molar-refractivity contribution in [2.24, 2.45) is 0 Å². The van der Waals surface area contributed by atoms with E-state index in [2.05, 4.69) is 20.3 Å². The highest BCUT2D eigenvalue weighted by atomic mass is 35.5. The number of anilines is 2. The van der Waals surface area contributed by atoms with Crippen LogP contribution in [0.4, 0.5) is 15.2 Å². The van der Waals surface area contributed by atoms with Crippen LogP contribution in [0.5, 0.6) is 0 Å². The van der Waals surface area contributed by atoms with E-state index in [1.807, 2.05) is 19.5 Å². The van der Waals surface area contributed by atoms with E-state index >= 15 is 0 Å². The van der Waals surface area contributed by atoms with Crippen LogP contribution in [0.1, 0.15) is 38.5 Å². The van der Waals surface area contributed by atoms with Gasteiger partial charge in [-0.05, 0) is 51.0 Å². The first kappa shape index (κ1) is 25.5. The van der Waals surface area contributed by atoms with Crippen molar-refractivity contribution in [3.05, 3.63) is 34.5 Å². The molecule has 3 rings (SSSR count). The number of carboxylic acid groups (broad SMARTS) is 1. The van der Waals surface area contributed by atoms with Crippen LogP contribution in [0.2, 0.25) is 5.02 Å². The third kappa shape index (κ3) is 10.2. The van der Waals surface area contributed by atoms with Gasteiger partial charge in [-0.25, -0.2) is 9.37 Å². The van der Waals surface area contributed by atoms with Crippen LogP contribution < -0.4 is 15.4 Å². The summed E-state index contributed by atoms with van der Waals surface area (Å²) in [7, 11) is 3.75. The number of aromatic nitrogens is 1. The summed E-state index contributed by atoms with van der Waals surface area (Å²) in [6, 6.07) is 3.56. The predicted molar refractivity (Wildman–Crippen MR) is 122 cm³/mol. The fourth-order valence-corrected chi connectivity index (χ4v) is 4.29. The minimum absolute atomic E-state index is 0.250. The van der Waals surface area contributed by atoms with Gasteiger partial charge in [0.1, 0.15) is 5.82 Å². The average Bonchev–Trinajstić information content (AvgIpc) is 3.08. The summed E-state index contributed by atoms with van der Waals surface area (Å²) in [4.78, 5) is 12.9. The van der Waals surface area contributed by atoms with Crippen LogP contribution in [0.3, 0.4) is 0 Å².